The van der Waals surface area contributed by atoms with E-state index in [1.165, 1.54) is 0 Å². The van der Waals surface area contributed by atoms with Crippen molar-refractivity contribution in [2.24, 2.45) is 0 Å². The molecular weight excluding hydrogens is 252 g/mol. The predicted molar refractivity (Wildman–Crippen MR) is 67.3 cm³/mol. The smallest absolute Gasteiger partial charge is 0.216 e. The van der Waals surface area contributed by atoms with Crippen LogP contribution in [0.2, 0.25) is 0 Å². The lowest BCUT2D eigenvalue weighted by molar-refractivity contribution is 0.0979. The highest BCUT2D eigenvalue weighted by Gasteiger charge is 2.39. The van der Waals surface area contributed by atoms with Gasteiger partial charge < -0.3 is 4.74 Å². The van der Waals surface area contributed by atoms with Gasteiger partial charge in [0, 0.05) is 13.2 Å². The van der Waals surface area contributed by atoms with Crippen molar-refractivity contribution in [3.8, 4) is 6.07 Å². The van der Waals surface area contributed by atoms with E-state index in [9.17, 15) is 13.7 Å². The molecule has 2 fully saturated rings. The number of rotatable bonds is 3. The van der Waals surface area contributed by atoms with E-state index in [0.717, 1.165) is 19.3 Å². The summed E-state index contributed by atoms with van der Waals surface area (Å²) < 4.78 is 32.5. The predicted octanol–water partition coefficient (Wildman–Crippen LogP) is 1.31. The molecule has 1 N–H and O–H groups in total. The first-order chi connectivity index (χ1) is 8.58. The monoisotopic (exact) mass is 272 g/mol. The third-order valence-electron chi connectivity index (χ3n) is 3.87. The van der Waals surface area contributed by atoms with E-state index >= 15 is 0 Å². The SMILES string of the molecule is N#CC1(NS(=O)(=O)C2CCOCC2)CCCCC1. The Kier molecular flexibility index (Phi) is 4.25. The minimum Gasteiger partial charge on any atom is -0.381 e. The summed E-state index contributed by atoms with van der Waals surface area (Å²) in [6, 6.07) is 2.19. The molecule has 18 heavy (non-hydrogen) atoms. The van der Waals surface area contributed by atoms with Crippen LogP contribution in [0.15, 0.2) is 0 Å². The largest absolute Gasteiger partial charge is 0.381 e. The zero-order valence-electron chi connectivity index (χ0n) is 10.5. The minimum atomic E-state index is -3.41. The number of nitrogens with zero attached hydrogens (tertiary/aromatic N) is 1. The van der Waals surface area contributed by atoms with Gasteiger partial charge in [-0.05, 0) is 25.7 Å². The van der Waals surface area contributed by atoms with Gasteiger partial charge in [-0.2, -0.15) is 9.98 Å². The van der Waals surface area contributed by atoms with Crippen LogP contribution in [0.3, 0.4) is 0 Å². The fourth-order valence-corrected chi connectivity index (χ4v) is 4.51. The zero-order chi connectivity index (χ0) is 13.1. The summed E-state index contributed by atoms with van der Waals surface area (Å²) in [5, 5.41) is 8.90. The van der Waals surface area contributed by atoms with E-state index in [-0.39, 0.29) is 0 Å². The van der Waals surface area contributed by atoms with Crippen molar-refractivity contribution < 1.29 is 13.2 Å². The van der Waals surface area contributed by atoms with Crippen molar-refractivity contribution >= 4 is 10.0 Å². The number of sulfonamides is 1. The maximum Gasteiger partial charge on any atom is 0.216 e. The van der Waals surface area contributed by atoms with Crippen LogP contribution in [-0.2, 0) is 14.8 Å². The minimum absolute atomic E-state index is 0.404. The first kappa shape index (κ1) is 13.8. The van der Waals surface area contributed by atoms with E-state index in [4.69, 9.17) is 4.74 Å². The Morgan fingerprint density at radius 1 is 1.17 bits per heavy atom. The Labute approximate surface area is 109 Å². The number of hydrogen-bond acceptors (Lipinski definition) is 4. The van der Waals surface area contributed by atoms with Crippen LogP contribution in [0.25, 0.3) is 0 Å². The standard InChI is InChI=1S/C12H20N2O3S/c13-10-12(6-2-1-3-7-12)14-18(15,16)11-4-8-17-9-5-11/h11,14H,1-9H2. The molecule has 6 heteroatoms. The summed E-state index contributed by atoms with van der Waals surface area (Å²) >= 11 is 0. The van der Waals surface area contributed by atoms with Gasteiger partial charge in [0.15, 0.2) is 0 Å². The summed E-state index contributed by atoms with van der Waals surface area (Å²) in [5.41, 5.74) is -0.866. The second-order valence-electron chi connectivity index (χ2n) is 5.21. The molecule has 0 bridgehead atoms. The van der Waals surface area contributed by atoms with Crippen LogP contribution in [-0.4, -0.2) is 32.4 Å². The molecule has 0 aromatic carbocycles. The molecule has 0 aromatic heterocycles. The Bertz CT molecular complexity index is 415. The molecule has 1 saturated heterocycles. The Morgan fingerprint density at radius 2 is 1.78 bits per heavy atom. The lowest BCUT2D eigenvalue weighted by Gasteiger charge is -2.33. The van der Waals surface area contributed by atoms with Gasteiger partial charge in [-0.1, -0.05) is 19.3 Å². The topological polar surface area (TPSA) is 79.2 Å². The number of hydrogen-bond donors (Lipinski definition) is 1. The molecule has 1 saturated carbocycles. The molecular formula is C12H20N2O3S. The summed E-state index contributed by atoms with van der Waals surface area (Å²) in [4.78, 5) is 0. The van der Waals surface area contributed by atoms with Crippen LogP contribution in [0.5, 0.6) is 0 Å². The number of nitriles is 1. The highest BCUT2D eigenvalue weighted by Crippen LogP contribution is 2.29. The molecule has 1 aliphatic heterocycles. The van der Waals surface area contributed by atoms with E-state index in [0.29, 0.717) is 38.9 Å². The van der Waals surface area contributed by atoms with Gasteiger partial charge in [-0.15, -0.1) is 0 Å². The van der Waals surface area contributed by atoms with E-state index in [1.807, 2.05) is 0 Å². The molecule has 2 aliphatic rings. The molecule has 0 aromatic rings. The molecule has 0 radical (unpaired) electrons. The third-order valence-corrected chi connectivity index (χ3v) is 5.89. The van der Waals surface area contributed by atoms with Gasteiger partial charge in [0.25, 0.3) is 0 Å². The van der Waals surface area contributed by atoms with Crippen molar-refractivity contribution in [3.05, 3.63) is 0 Å². The van der Waals surface area contributed by atoms with Gasteiger partial charge in [-0.3, -0.25) is 0 Å². The lowest BCUT2D eigenvalue weighted by atomic mass is 9.84. The van der Waals surface area contributed by atoms with Crippen LogP contribution < -0.4 is 4.72 Å². The molecule has 0 atom stereocenters. The van der Waals surface area contributed by atoms with Crippen LogP contribution >= 0.6 is 0 Å². The molecule has 0 amide bonds. The fourth-order valence-electron chi connectivity index (χ4n) is 2.73. The summed E-state index contributed by atoms with van der Waals surface area (Å²) in [6.45, 7) is 0.982. The quantitative estimate of drug-likeness (QED) is 0.840. The molecule has 1 aliphatic carbocycles. The molecule has 0 unspecified atom stereocenters. The normalized spacial score (nSPS) is 25.5. The second-order valence-corrected chi connectivity index (χ2v) is 7.17. The zero-order valence-corrected chi connectivity index (χ0v) is 11.3. The first-order valence-electron chi connectivity index (χ1n) is 6.60. The van der Waals surface area contributed by atoms with Gasteiger partial charge in [-0.25, -0.2) is 8.42 Å². The van der Waals surface area contributed by atoms with Crippen molar-refractivity contribution in [1.82, 2.24) is 4.72 Å². The Balaban J connectivity index is 2.08. The van der Waals surface area contributed by atoms with Crippen LogP contribution in [0.4, 0.5) is 0 Å². The number of nitrogens with one attached hydrogen (secondary N) is 1. The summed E-state index contributed by atoms with van der Waals surface area (Å²) in [7, 11) is -3.41. The van der Waals surface area contributed by atoms with E-state index in [1.54, 1.807) is 0 Å². The second kappa shape index (κ2) is 5.55. The summed E-state index contributed by atoms with van der Waals surface area (Å²) in [5.74, 6) is 0. The van der Waals surface area contributed by atoms with Gasteiger partial charge >= 0.3 is 0 Å². The lowest BCUT2D eigenvalue weighted by Crippen LogP contribution is -2.52. The van der Waals surface area contributed by atoms with Gasteiger partial charge in [0.2, 0.25) is 10.0 Å². The molecule has 1 heterocycles. The Hall–Kier alpha value is -0.640. The molecule has 2 rings (SSSR count). The first-order valence-corrected chi connectivity index (χ1v) is 8.14. The van der Waals surface area contributed by atoms with Crippen LogP contribution in [0.1, 0.15) is 44.9 Å². The van der Waals surface area contributed by atoms with Crippen molar-refractivity contribution in [2.45, 2.75) is 55.7 Å². The van der Waals surface area contributed by atoms with Crippen LogP contribution in [0, 0.1) is 11.3 Å². The number of ether oxygens (including phenoxy) is 1. The molecule has 5 nitrogen and oxygen atoms in total. The maximum atomic E-state index is 12.3. The van der Waals surface area contributed by atoms with E-state index < -0.39 is 20.8 Å². The van der Waals surface area contributed by atoms with E-state index in [2.05, 4.69) is 10.8 Å². The van der Waals surface area contributed by atoms with Gasteiger partial charge in [0.1, 0.15) is 5.54 Å². The molecule has 102 valence electrons. The third kappa shape index (κ3) is 3.02. The maximum absolute atomic E-state index is 12.3. The fraction of sp³-hybridized carbons (Fsp3) is 0.917. The Morgan fingerprint density at radius 3 is 2.33 bits per heavy atom. The van der Waals surface area contributed by atoms with Crippen molar-refractivity contribution in [3.63, 3.8) is 0 Å². The molecule has 0 spiro atoms. The van der Waals surface area contributed by atoms with Gasteiger partial charge in [0.05, 0.1) is 11.3 Å². The summed E-state index contributed by atoms with van der Waals surface area (Å²) in [6.07, 6.45) is 5.24. The van der Waals surface area contributed by atoms with Crippen molar-refractivity contribution in [2.75, 3.05) is 13.2 Å². The highest BCUT2D eigenvalue weighted by molar-refractivity contribution is 7.90. The average Bonchev–Trinajstić information content (AvgIpc) is 2.40. The average molecular weight is 272 g/mol. The van der Waals surface area contributed by atoms with Crippen molar-refractivity contribution in [1.29, 1.82) is 5.26 Å². The highest BCUT2D eigenvalue weighted by atomic mass is 32.2.